The van der Waals surface area contributed by atoms with Crippen molar-refractivity contribution in [2.45, 2.75) is 39.5 Å². The van der Waals surface area contributed by atoms with E-state index in [2.05, 4.69) is 15.6 Å². The molecule has 1 atom stereocenters. The van der Waals surface area contributed by atoms with Crippen LogP contribution in [0.15, 0.2) is 6.20 Å². The summed E-state index contributed by atoms with van der Waals surface area (Å²) >= 11 is 6.09. The van der Waals surface area contributed by atoms with Gasteiger partial charge in [0.2, 0.25) is 0 Å². The predicted octanol–water partition coefficient (Wildman–Crippen LogP) is 3.03. The molecule has 0 aliphatic heterocycles. The fourth-order valence-electron chi connectivity index (χ4n) is 1.90. The standard InChI is InChI=1S/C15H27ClN4O3/c1-10(20(6)13-12(17-5)11(16)9-19-13)22-8-7-18-14(21)23-15(2,3)4/h9-10,17,19H,7-8H2,1-6H3,(H,18,21). The van der Waals surface area contributed by atoms with Crippen molar-refractivity contribution in [1.29, 1.82) is 0 Å². The van der Waals surface area contributed by atoms with Gasteiger partial charge in [0.25, 0.3) is 0 Å². The fourth-order valence-corrected chi connectivity index (χ4v) is 2.13. The molecular formula is C15H27ClN4O3. The number of aromatic amines is 1. The molecule has 0 saturated carbocycles. The zero-order valence-corrected chi connectivity index (χ0v) is 15.4. The van der Waals surface area contributed by atoms with Gasteiger partial charge < -0.3 is 30.0 Å². The molecule has 0 saturated heterocycles. The molecule has 0 bridgehead atoms. The van der Waals surface area contributed by atoms with Crippen molar-refractivity contribution in [3.8, 4) is 0 Å². The summed E-state index contributed by atoms with van der Waals surface area (Å²) in [7, 11) is 3.71. The van der Waals surface area contributed by atoms with Crippen molar-refractivity contribution in [1.82, 2.24) is 10.3 Å². The van der Waals surface area contributed by atoms with Crippen LogP contribution in [0.4, 0.5) is 16.3 Å². The summed E-state index contributed by atoms with van der Waals surface area (Å²) in [5.74, 6) is 0.838. The average Bonchev–Trinajstić information content (AvgIpc) is 2.81. The Hall–Kier alpha value is -1.60. The van der Waals surface area contributed by atoms with E-state index >= 15 is 0 Å². The van der Waals surface area contributed by atoms with E-state index in [1.165, 1.54) is 0 Å². The number of rotatable bonds is 7. The number of H-pyrrole nitrogens is 1. The van der Waals surface area contributed by atoms with Crippen LogP contribution >= 0.6 is 11.6 Å². The number of carbonyl (C=O) groups is 1. The number of carbonyl (C=O) groups excluding carboxylic acids is 1. The summed E-state index contributed by atoms with van der Waals surface area (Å²) in [4.78, 5) is 16.5. The topological polar surface area (TPSA) is 78.6 Å². The summed E-state index contributed by atoms with van der Waals surface area (Å²) in [5, 5.41) is 6.32. The predicted molar refractivity (Wildman–Crippen MR) is 93.4 cm³/mol. The Bertz CT molecular complexity index is 513. The van der Waals surface area contributed by atoms with E-state index in [1.54, 1.807) is 6.20 Å². The summed E-state index contributed by atoms with van der Waals surface area (Å²) in [6, 6.07) is 0. The van der Waals surface area contributed by atoms with Crippen LogP contribution in [0.5, 0.6) is 0 Å². The molecule has 23 heavy (non-hydrogen) atoms. The number of nitrogens with one attached hydrogen (secondary N) is 3. The summed E-state index contributed by atoms with van der Waals surface area (Å²) < 4.78 is 10.9. The van der Waals surface area contributed by atoms with Gasteiger partial charge >= 0.3 is 6.09 Å². The quantitative estimate of drug-likeness (QED) is 0.522. The zero-order chi connectivity index (χ0) is 17.6. The number of alkyl carbamates (subject to hydrolysis) is 1. The van der Waals surface area contributed by atoms with E-state index in [4.69, 9.17) is 21.1 Å². The van der Waals surface area contributed by atoms with E-state index < -0.39 is 11.7 Å². The second-order valence-electron chi connectivity index (χ2n) is 6.12. The first-order valence-corrected chi connectivity index (χ1v) is 7.89. The van der Waals surface area contributed by atoms with Crippen molar-refractivity contribution < 1.29 is 14.3 Å². The van der Waals surface area contributed by atoms with Crippen LogP contribution in [0.2, 0.25) is 5.02 Å². The Morgan fingerprint density at radius 1 is 1.48 bits per heavy atom. The van der Waals surface area contributed by atoms with Gasteiger partial charge in [-0.25, -0.2) is 4.79 Å². The smallest absolute Gasteiger partial charge is 0.407 e. The molecule has 3 N–H and O–H groups in total. The second kappa shape index (κ2) is 8.31. The van der Waals surface area contributed by atoms with Gasteiger partial charge in [0, 0.05) is 26.8 Å². The molecular weight excluding hydrogens is 320 g/mol. The molecule has 1 heterocycles. The SMILES string of the molecule is CNc1c(Cl)c[nH]c1N(C)C(C)OCCNC(=O)OC(C)(C)C. The van der Waals surface area contributed by atoms with Gasteiger partial charge in [-0.3, -0.25) is 0 Å². The molecule has 7 nitrogen and oxygen atoms in total. The Morgan fingerprint density at radius 2 is 2.13 bits per heavy atom. The maximum Gasteiger partial charge on any atom is 0.407 e. The van der Waals surface area contributed by atoms with Crippen molar-refractivity contribution in [3.63, 3.8) is 0 Å². The average molecular weight is 347 g/mol. The normalized spacial score (nSPS) is 12.7. The molecule has 1 unspecified atom stereocenters. The Morgan fingerprint density at radius 3 is 2.70 bits per heavy atom. The van der Waals surface area contributed by atoms with Crippen LogP contribution in [-0.4, -0.2) is 50.2 Å². The molecule has 0 spiro atoms. The molecule has 1 amide bonds. The number of ether oxygens (including phenoxy) is 2. The van der Waals surface area contributed by atoms with Crippen molar-refractivity contribution in [3.05, 3.63) is 11.2 Å². The molecule has 0 aliphatic rings. The lowest BCUT2D eigenvalue weighted by Gasteiger charge is -2.27. The number of halogens is 1. The number of anilines is 2. The molecule has 0 radical (unpaired) electrons. The molecule has 0 aromatic carbocycles. The molecule has 0 fully saturated rings. The highest BCUT2D eigenvalue weighted by Gasteiger charge is 2.18. The molecule has 132 valence electrons. The second-order valence-corrected chi connectivity index (χ2v) is 6.53. The van der Waals surface area contributed by atoms with Crippen LogP contribution in [-0.2, 0) is 9.47 Å². The summed E-state index contributed by atoms with van der Waals surface area (Å²) in [6.45, 7) is 8.12. The highest BCUT2D eigenvalue weighted by molar-refractivity contribution is 6.34. The van der Waals surface area contributed by atoms with Crippen LogP contribution < -0.4 is 15.5 Å². The third-order valence-electron chi connectivity index (χ3n) is 3.09. The number of aromatic nitrogens is 1. The van der Waals surface area contributed by atoms with E-state index in [9.17, 15) is 4.79 Å². The Labute approximate surface area is 142 Å². The van der Waals surface area contributed by atoms with E-state index in [1.807, 2.05) is 46.7 Å². The van der Waals surface area contributed by atoms with E-state index in [-0.39, 0.29) is 6.23 Å². The first-order valence-electron chi connectivity index (χ1n) is 7.51. The lowest BCUT2D eigenvalue weighted by atomic mass is 10.2. The minimum absolute atomic E-state index is 0.197. The van der Waals surface area contributed by atoms with Gasteiger partial charge in [-0.2, -0.15) is 0 Å². The largest absolute Gasteiger partial charge is 0.444 e. The molecule has 0 aliphatic carbocycles. The molecule has 8 heteroatoms. The summed E-state index contributed by atoms with van der Waals surface area (Å²) in [5.41, 5.74) is 0.311. The minimum Gasteiger partial charge on any atom is -0.444 e. The minimum atomic E-state index is -0.505. The molecule has 1 aromatic heterocycles. The third-order valence-corrected chi connectivity index (χ3v) is 3.39. The maximum atomic E-state index is 11.5. The zero-order valence-electron chi connectivity index (χ0n) is 14.6. The number of amides is 1. The van der Waals surface area contributed by atoms with Crippen molar-refractivity contribution in [2.24, 2.45) is 0 Å². The van der Waals surface area contributed by atoms with Crippen LogP contribution in [0.3, 0.4) is 0 Å². The van der Waals surface area contributed by atoms with Gasteiger partial charge in [-0.1, -0.05) is 11.6 Å². The third kappa shape index (κ3) is 6.19. The summed E-state index contributed by atoms with van der Waals surface area (Å²) in [6.07, 6.45) is 1.07. The van der Waals surface area contributed by atoms with Crippen molar-refractivity contribution in [2.75, 3.05) is 37.5 Å². The monoisotopic (exact) mass is 346 g/mol. The van der Waals surface area contributed by atoms with Crippen LogP contribution in [0.25, 0.3) is 0 Å². The van der Waals surface area contributed by atoms with Gasteiger partial charge in [-0.05, 0) is 27.7 Å². The Balaban J connectivity index is 2.39. The van der Waals surface area contributed by atoms with Gasteiger partial charge in [0.05, 0.1) is 17.3 Å². The van der Waals surface area contributed by atoms with E-state index in [0.29, 0.717) is 18.2 Å². The lowest BCUT2D eigenvalue weighted by Crippen LogP contribution is -2.37. The number of hydrogen-bond acceptors (Lipinski definition) is 5. The Kier molecular flexibility index (Phi) is 7.02. The van der Waals surface area contributed by atoms with Crippen LogP contribution in [0, 0.1) is 0 Å². The molecule has 1 aromatic rings. The molecule has 1 rings (SSSR count). The van der Waals surface area contributed by atoms with Crippen molar-refractivity contribution >= 4 is 29.2 Å². The van der Waals surface area contributed by atoms with Gasteiger partial charge in [-0.15, -0.1) is 0 Å². The maximum absolute atomic E-state index is 11.5. The first-order chi connectivity index (χ1) is 10.7. The number of nitrogens with zero attached hydrogens (tertiary/aromatic N) is 1. The fraction of sp³-hybridized carbons (Fsp3) is 0.667. The van der Waals surface area contributed by atoms with E-state index in [0.717, 1.165) is 11.5 Å². The first kappa shape index (κ1) is 19.4. The highest BCUT2D eigenvalue weighted by Crippen LogP contribution is 2.32. The highest BCUT2D eigenvalue weighted by atomic mass is 35.5. The van der Waals surface area contributed by atoms with Gasteiger partial charge in [0.15, 0.2) is 0 Å². The van der Waals surface area contributed by atoms with Gasteiger partial charge in [0.1, 0.15) is 17.6 Å². The number of hydrogen-bond donors (Lipinski definition) is 3. The lowest BCUT2D eigenvalue weighted by molar-refractivity contribution is 0.0435. The van der Waals surface area contributed by atoms with Crippen LogP contribution in [0.1, 0.15) is 27.7 Å².